The zero-order valence-corrected chi connectivity index (χ0v) is 9.97. The van der Waals surface area contributed by atoms with Crippen LogP contribution in [0.15, 0.2) is 0 Å². The van der Waals surface area contributed by atoms with Gasteiger partial charge in [0.25, 0.3) is 0 Å². The van der Waals surface area contributed by atoms with Crippen molar-refractivity contribution in [2.75, 3.05) is 0 Å². The van der Waals surface area contributed by atoms with Gasteiger partial charge in [0.1, 0.15) is 17.8 Å². The topological polar surface area (TPSA) is 54.0 Å². The third-order valence-electron chi connectivity index (χ3n) is 4.28. The average Bonchev–Trinajstić information content (AvgIpc) is 2.72. The highest BCUT2D eigenvalue weighted by Crippen LogP contribution is 2.53. The first kappa shape index (κ1) is 10.3. The van der Waals surface area contributed by atoms with Crippen molar-refractivity contribution in [3.8, 4) is 0 Å². The van der Waals surface area contributed by atoms with Crippen molar-refractivity contribution in [3.63, 3.8) is 0 Å². The van der Waals surface area contributed by atoms with Crippen molar-refractivity contribution >= 4 is 5.97 Å². The summed E-state index contributed by atoms with van der Waals surface area (Å²) < 4.78 is 23.2. The molecular weight excluding hydrogens is 224 g/mol. The Morgan fingerprint density at radius 1 is 1.18 bits per heavy atom. The first-order valence-corrected chi connectivity index (χ1v) is 6.20. The summed E-state index contributed by atoms with van der Waals surface area (Å²) in [5, 5.41) is 0. The first-order valence-electron chi connectivity index (χ1n) is 6.20. The monoisotopic (exact) mass is 240 g/mol. The molecule has 0 amide bonds. The van der Waals surface area contributed by atoms with Crippen LogP contribution in [0.5, 0.6) is 0 Å². The quantitative estimate of drug-likeness (QED) is 0.585. The van der Waals surface area contributed by atoms with Crippen molar-refractivity contribution in [2.24, 2.45) is 0 Å². The van der Waals surface area contributed by atoms with Gasteiger partial charge in [-0.1, -0.05) is 0 Å². The van der Waals surface area contributed by atoms with Crippen LogP contribution in [0.1, 0.15) is 33.1 Å². The Hall–Kier alpha value is -0.650. The van der Waals surface area contributed by atoms with Crippen LogP contribution < -0.4 is 0 Å². The lowest BCUT2D eigenvalue weighted by atomic mass is 9.80. The maximum Gasteiger partial charge on any atom is 0.309 e. The van der Waals surface area contributed by atoms with Gasteiger partial charge >= 0.3 is 5.97 Å². The minimum atomic E-state index is -0.558. The molecular formula is C12H16O5. The lowest BCUT2D eigenvalue weighted by Gasteiger charge is -2.34. The van der Waals surface area contributed by atoms with Crippen LogP contribution in [-0.2, 0) is 23.7 Å². The van der Waals surface area contributed by atoms with Gasteiger partial charge in [-0.25, -0.2) is 0 Å². The molecule has 3 heterocycles. The highest BCUT2D eigenvalue weighted by molar-refractivity contribution is 5.73. The molecule has 1 unspecified atom stereocenters. The van der Waals surface area contributed by atoms with Crippen molar-refractivity contribution in [1.29, 1.82) is 0 Å². The maximum atomic E-state index is 11.4. The van der Waals surface area contributed by atoms with Crippen LogP contribution in [-0.4, -0.2) is 41.8 Å². The van der Waals surface area contributed by atoms with E-state index in [0.717, 1.165) is 6.42 Å². The number of fused-ring (bicyclic) bond motifs is 3. The SMILES string of the molecule is CC1(C)OC2[C@H]3C[C@]4(C[C@H]2O1)OC(=O)C[C@@H]4O3. The lowest BCUT2D eigenvalue weighted by Crippen LogP contribution is -2.47. The fraction of sp³-hybridized carbons (Fsp3) is 0.917. The highest BCUT2D eigenvalue weighted by atomic mass is 16.8. The van der Waals surface area contributed by atoms with Crippen LogP contribution in [0.3, 0.4) is 0 Å². The fourth-order valence-electron chi connectivity index (χ4n) is 3.74. The van der Waals surface area contributed by atoms with Crippen molar-refractivity contribution in [1.82, 2.24) is 0 Å². The Morgan fingerprint density at radius 3 is 2.76 bits per heavy atom. The minimum Gasteiger partial charge on any atom is -0.456 e. The van der Waals surface area contributed by atoms with Crippen LogP contribution >= 0.6 is 0 Å². The van der Waals surface area contributed by atoms with Gasteiger partial charge in [0, 0.05) is 12.8 Å². The number of carbonyl (C=O) groups excluding carboxylic acids is 1. The lowest BCUT2D eigenvalue weighted by molar-refractivity contribution is -0.162. The second kappa shape index (κ2) is 2.84. The molecule has 0 aromatic rings. The summed E-state index contributed by atoms with van der Waals surface area (Å²) in [4.78, 5) is 11.4. The maximum absolute atomic E-state index is 11.4. The third-order valence-corrected chi connectivity index (χ3v) is 4.28. The Bertz CT molecular complexity index is 392. The molecule has 17 heavy (non-hydrogen) atoms. The molecule has 4 rings (SSSR count). The van der Waals surface area contributed by atoms with Crippen LogP contribution in [0, 0.1) is 0 Å². The number of carbonyl (C=O) groups is 1. The van der Waals surface area contributed by atoms with Crippen LogP contribution in [0.2, 0.25) is 0 Å². The summed E-state index contributed by atoms with van der Waals surface area (Å²) in [5.74, 6) is -0.706. The molecule has 1 spiro atoms. The Kier molecular flexibility index (Phi) is 1.72. The van der Waals surface area contributed by atoms with Gasteiger partial charge < -0.3 is 18.9 Å². The molecule has 5 atom stereocenters. The van der Waals surface area contributed by atoms with Crippen LogP contribution in [0.25, 0.3) is 0 Å². The van der Waals surface area contributed by atoms with Gasteiger partial charge in [-0.05, 0) is 13.8 Å². The Balaban J connectivity index is 1.66. The van der Waals surface area contributed by atoms with Gasteiger partial charge in [-0.2, -0.15) is 0 Å². The van der Waals surface area contributed by atoms with Gasteiger partial charge in [-0.15, -0.1) is 0 Å². The molecule has 0 aromatic heterocycles. The number of esters is 1. The molecule has 5 heteroatoms. The van der Waals surface area contributed by atoms with E-state index >= 15 is 0 Å². The largest absolute Gasteiger partial charge is 0.456 e. The number of hydrogen-bond donors (Lipinski definition) is 0. The summed E-state index contributed by atoms with van der Waals surface area (Å²) in [5.41, 5.74) is -0.438. The first-order chi connectivity index (χ1) is 7.97. The normalized spacial score (nSPS) is 54.4. The average molecular weight is 240 g/mol. The van der Waals surface area contributed by atoms with E-state index in [4.69, 9.17) is 18.9 Å². The summed E-state index contributed by atoms with van der Waals surface area (Å²) in [6.07, 6.45) is 1.71. The predicted molar refractivity (Wildman–Crippen MR) is 55.2 cm³/mol. The van der Waals surface area contributed by atoms with Gasteiger partial charge in [-0.3, -0.25) is 4.79 Å². The van der Waals surface area contributed by atoms with E-state index in [1.165, 1.54) is 0 Å². The molecule has 1 saturated carbocycles. The summed E-state index contributed by atoms with van der Waals surface area (Å²) in [6.45, 7) is 3.82. The molecule has 0 radical (unpaired) electrons. The van der Waals surface area contributed by atoms with E-state index in [1.54, 1.807) is 0 Å². The van der Waals surface area contributed by atoms with Gasteiger partial charge in [0.2, 0.25) is 0 Å². The summed E-state index contributed by atoms with van der Waals surface area (Å²) in [6, 6.07) is 0. The van der Waals surface area contributed by atoms with Crippen molar-refractivity contribution < 1.29 is 23.7 Å². The molecule has 3 aliphatic heterocycles. The van der Waals surface area contributed by atoms with E-state index < -0.39 is 11.4 Å². The van der Waals surface area contributed by atoms with E-state index in [1.807, 2.05) is 13.8 Å². The zero-order valence-electron chi connectivity index (χ0n) is 9.97. The van der Waals surface area contributed by atoms with Crippen molar-refractivity contribution in [2.45, 2.75) is 68.9 Å². The minimum absolute atomic E-state index is 0.00799. The molecule has 0 N–H and O–H groups in total. The number of ether oxygens (including phenoxy) is 4. The van der Waals surface area contributed by atoms with Crippen molar-refractivity contribution in [3.05, 3.63) is 0 Å². The molecule has 3 saturated heterocycles. The smallest absolute Gasteiger partial charge is 0.309 e. The molecule has 4 aliphatic rings. The molecule has 0 aromatic carbocycles. The second-order valence-electron chi connectivity index (χ2n) is 5.95. The number of rotatable bonds is 0. The summed E-state index contributed by atoms with van der Waals surface area (Å²) >= 11 is 0. The molecule has 5 nitrogen and oxygen atoms in total. The standard InChI is InChI=1S/C12H16O5/c1-11(2)15-7-5-12-4-6(10(7)17-11)14-8(12)3-9(13)16-12/h6-8,10H,3-5H2,1-2H3/t6-,7-,8+,10?,12-/m1/s1. The van der Waals surface area contributed by atoms with E-state index in [-0.39, 0.29) is 30.4 Å². The number of hydrogen-bond acceptors (Lipinski definition) is 5. The summed E-state index contributed by atoms with van der Waals surface area (Å²) in [7, 11) is 0. The third kappa shape index (κ3) is 1.27. The van der Waals surface area contributed by atoms with E-state index in [2.05, 4.69) is 0 Å². The van der Waals surface area contributed by atoms with E-state index in [9.17, 15) is 4.79 Å². The predicted octanol–water partition coefficient (Wildman–Crippen LogP) is 0.753. The molecule has 94 valence electrons. The van der Waals surface area contributed by atoms with Gasteiger partial charge in [0.05, 0.1) is 18.6 Å². The Morgan fingerprint density at radius 2 is 1.94 bits per heavy atom. The van der Waals surface area contributed by atoms with E-state index in [0.29, 0.717) is 12.8 Å². The Labute approximate surface area is 99.3 Å². The molecule has 1 aliphatic carbocycles. The zero-order chi connectivity index (χ0) is 11.8. The molecule has 4 fully saturated rings. The van der Waals surface area contributed by atoms with Crippen LogP contribution in [0.4, 0.5) is 0 Å². The highest BCUT2D eigenvalue weighted by Gasteiger charge is 2.66. The van der Waals surface area contributed by atoms with Gasteiger partial charge in [0.15, 0.2) is 5.79 Å². The second-order valence-corrected chi connectivity index (χ2v) is 5.95. The molecule has 2 bridgehead atoms. The fourth-order valence-corrected chi connectivity index (χ4v) is 3.74.